The highest BCUT2D eigenvalue weighted by molar-refractivity contribution is 5.72. The van der Waals surface area contributed by atoms with E-state index in [4.69, 9.17) is 19.6 Å². The molecule has 0 radical (unpaired) electrons. The fraction of sp³-hybridized carbons (Fsp3) is 0.818. The number of rotatable bonds is 10. The first kappa shape index (κ1) is 15.9. The zero-order valence-electron chi connectivity index (χ0n) is 10.3. The van der Waals surface area contributed by atoms with Crippen LogP contribution < -0.4 is 0 Å². The van der Waals surface area contributed by atoms with Gasteiger partial charge in [0.1, 0.15) is 0 Å². The van der Waals surface area contributed by atoms with E-state index in [2.05, 4.69) is 0 Å². The number of carboxylic acid groups (broad SMARTS) is 1. The molecule has 0 aromatic heterocycles. The minimum atomic E-state index is -1.09. The Hall–Kier alpha value is -1.14. The van der Waals surface area contributed by atoms with Gasteiger partial charge in [-0.25, -0.2) is 14.6 Å². The fourth-order valence-corrected chi connectivity index (χ4v) is 1.09. The summed E-state index contributed by atoms with van der Waals surface area (Å²) in [5.41, 5.74) is 0. The Labute approximate surface area is 101 Å². The van der Waals surface area contributed by atoms with E-state index in [0.717, 1.165) is 6.42 Å². The Morgan fingerprint density at radius 3 is 2.53 bits per heavy atom. The molecule has 17 heavy (non-hydrogen) atoms. The number of ether oxygens (including phenoxy) is 1. The number of esters is 1. The summed E-state index contributed by atoms with van der Waals surface area (Å²) in [6, 6.07) is 0. The van der Waals surface area contributed by atoms with E-state index < -0.39 is 12.1 Å². The van der Waals surface area contributed by atoms with Crippen molar-refractivity contribution < 1.29 is 29.2 Å². The van der Waals surface area contributed by atoms with Crippen LogP contribution in [0, 0.1) is 0 Å². The number of hydrogen-bond donors (Lipinski definition) is 1. The zero-order valence-corrected chi connectivity index (χ0v) is 10.3. The molecule has 0 fully saturated rings. The Morgan fingerprint density at radius 1 is 1.29 bits per heavy atom. The second-order valence-electron chi connectivity index (χ2n) is 3.44. The highest BCUT2D eigenvalue weighted by Crippen LogP contribution is 2.07. The quantitative estimate of drug-likeness (QED) is 0.273. The Kier molecular flexibility index (Phi) is 9.37. The first-order valence-corrected chi connectivity index (χ1v) is 5.78. The minimum Gasteiger partial charge on any atom is -0.479 e. The third-order valence-electron chi connectivity index (χ3n) is 1.90. The summed E-state index contributed by atoms with van der Waals surface area (Å²) >= 11 is 0. The molecular formula is C11H20O6. The highest BCUT2D eigenvalue weighted by atomic mass is 17.2. The largest absolute Gasteiger partial charge is 0.479 e. The van der Waals surface area contributed by atoms with Gasteiger partial charge in [-0.2, -0.15) is 0 Å². The molecule has 0 rings (SSSR count). The van der Waals surface area contributed by atoms with Crippen molar-refractivity contribution in [1.29, 1.82) is 0 Å². The van der Waals surface area contributed by atoms with E-state index in [-0.39, 0.29) is 18.8 Å². The molecule has 0 saturated heterocycles. The maximum atomic E-state index is 11.0. The molecule has 1 atom stereocenters. The van der Waals surface area contributed by atoms with Crippen molar-refractivity contribution in [3.63, 3.8) is 0 Å². The van der Waals surface area contributed by atoms with E-state index in [1.54, 1.807) is 6.92 Å². The van der Waals surface area contributed by atoms with Gasteiger partial charge in [0.05, 0.1) is 13.2 Å². The summed E-state index contributed by atoms with van der Waals surface area (Å²) in [5, 5.41) is 8.82. The summed E-state index contributed by atoms with van der Waals surface area (Å²) in [4.78, 5) is 31.2. The maximum absolute atomic E-state index is 11.0. The average Bonchev–Trinajstić information content (AvgIpc) is 2.27. The van der Waals surface area contributed by atoms with Crippen molar-refractivity contribution in [2.45, 2.75) is 45.6 Å². The number of aliphatic carboxylic acids is 1. The summed E-state index contributed by atoms with van der Waals surface area (Å²) < 4.78 is 4.72. The van der Waals surface area contributed by atoms with Gasteiger partial charge < -0.3 is 9.84 Å². The lowest BCUT2D eigenvalue weighted by Gasteiger charge is -2.11. The molecule has 0 heterocycles. The van der Waals surface area contributed by atoms with E-state index in [9.17, 15) is 9.59 Å². The predicted molar refractivity (Wildman–Crippen MR) is 59.2 cm³/mol. The van der Waals surface area contributed by atoms with E-state index in [0.29, 0.717) is 19.6 Å². The van der Waals surface area contributed by atoms with Gasteiger partial charge in [-0.1, -0.05) is 6.92 Å². The molecular weight excluding hydrogens is 228 g/mol. The van der Waals surface area contributed by atoms with Crippen molar-refractivity contribution in [3.05, 3.63) is 0 Å². The van der Waals surface area contributed by atoms with Crippen LogP contribution in [0.1, 0.15) is 39.5 Å². The SMILES string of the molecule is CCCOOC(CCCC(=O)OCC)C(=O)O. The standard InChI is InChI=1S/C11H20O6/c1-3-8-16-17-9(11(13)14)6-5-7-10(12)15-4-2/h9H,3-8H2,1-2H3,(H,13,14). The molecule has 0 aliphatic heterocycles. The van der Waals surface area contributed by atoms with Crippen LogP contribution in [0.4, 0.5) is 0 Å². The van der Waals surface area contributed by atoms with E-state index in [1.165, 1.54) is 0 Å². The molecule has 100 valence electrons. The van der Waals surface area contributed by atoms with Crippen LogP contribution >= 0.6 is 0 Å². The molecule has 0 aliphatic rings. The van der Waals surface area contributed by atoms with E-state index >= 15 is 0 Å². The van der Waals surface area contributed by atoms with Crippen molar-refractivity contribution in [2.75, 3.05) is 13.2 Å². The van der Waals surface area contributed by atoms with Crippen LogP contribution in [0.2, 0.25) is 0 Å². The highest BCUT2D eigenvalue weighted by Gasteiger charge is 2.19. The molecule has 6 heteroatoms. The van der Waals surface area contributed by atoms with Crippen molar-refractivity contribution in [3.8, 4) is 0 Å². The smallest absolute Gasteiger partial charge is 0.336 e. The molecule has 6 nitrogen and oxygen atoms in total. The summed E-state index contributed by atoms with van der Waals surface area (Å²) in [5.74, 6) is -1.42. The normalized spacial score (nSPS) is 12.1. The van der Waals surface area contributed by atoms with Gasteiger partial charge in [0.15, 0.2) is 6.10 Å². The van der Waals surface area contributed by atoms with Crippen LogP contribution in [-0.4, -0.2) is 36.4 Å². The number of hydrogen-bond acceptors (Lipinski definition) is 5. The Morgan fingerprint density at radius 2 is 2.00 bits per heavy atom. The van der Waals surface area contributed by atoms with Gasteiger partial charge in [-0.3, -0.25) is 4.79 Å². The Bertz CT molecular complexity index is 228. The molecule has 1 N–H and O–H groups in total. The zero-order chi connectivity index (χ0) is 13.1. The molecule has 1 unspecified atom stereocenters. The van der Waals surface area contributed by atoms with Gasteiger partial charge in [-0.15, -0.1) is 0 Å². The second-order valence-corrected chi connectivity index (χ2v) is 3.44. The van der Waals surface area contributed by atoms with Gasteiger partial charge in [0.25, 0.3) is 0 Å². The van der Waals surface area contributed by atoms with Crippen LogP contribution in [0.15, 0.2) is 0 Å². The Balaban J connectivity index is 3.77. The fourth-order valence-electron chi connectivity index (χ4n) is 1.09. The lowest BCUT2D eigenvalue weighted by molar-refractivity contribution is -0.320. The number of carbonyl (C=O) groups is 2. The van der Waals surface area contributed by atoms with Crippen LogP contribution in [0.3, 0.4) is 0 Å². The van der Waals surface area contributed by atoms with Gasteiger partial charge in [-0.05, 0) is 26.2 Å². The molecule has 0 aromatic carbocycles. The molecule has 0 aliphatic carbocycles. The van der Waals surface area contributed by atoms with Gasteiger partial charge >= 0.3 is 11.9 Å². The molecule has 0 spiro atoms. The van der Waals surface area contributed by atoms with Gasteiger partial charge in [0, 0.05) is 6.42 Å². The second kappa shape index (κ2) is 10.0. The van der Waals surface area contributed by atoms with Crippen molar-refractivity contribution in [2.24, 2.45) is 0 Å². The third-order valence-corrected chi connectivity index (χ3v) is 1.90. The maximum Gasteiger partial charge on any atom is 0.336 e. The predicted octanol–water partition coefficient (Wildman–Crippen LogP) is 1.53. The van der Waals surface area contributed by atoms with E-state index in [1.807, 2.05) is 6.92 Å². The topological polar surface area (TPSA) is 82.1 Å². The number of carboxylic acids is 1. The van der Waals surface area contributed by atoms with Crippen molar-refractivity contribution in [1.82, 2.24) is 0 Å². The van der Waals surface area contributed by atoms with Crippen LogP contribution in [-0.2, 0) is 24.1 Å². The molecule has 0 aromatic rings. The van der Waals surface area contributed by atoms with Crippen molar-refractivity contribution >= 4 is 11.9 Å². The molecule has 0 amide bonds. The third kappa shape index (κ3) is 8.65. The summed E-state index contributed by atoms with van der Waals surface area (Å²) in [6.07, 6.45) is 0.517. The van der Waals surface area contributed by atoms with Gasteiger partial charge in [0.2, 0.25) is 0 Å². The number of carbonyl (C=O) groups excluding carboxylic acids is 1. The first-order valence-electron chi connectivity index (χ1n) is 5.78. The average molecular weight is 248 g/mol. The molecule has 0 bridgehead atoms. The lowest BCUT2D eigenvalue weighted by atomic mass is 10.1. The summed E-state index contributed by atoms with van der Waals surface area (Å²) in [6.45, 7) is 4.29. The first-order chi connectivity index (χ1) is 8.11. The van der Waals surface area contributed by atoms with Crippen LogP contribution in [0.25, 0.3) is 0 Å². The molecule has 0 saturated carbocycles. The monoisotopic (exact) mass is 248 g/mol. The van der Waals surface area contributed by atoms with Crippen LogP contribution in [0.5, 0.6) is 0 Å². The lowest BCUT2D eigenvalue weighted by Crippen LogP contribution is -2.24. The summed E-state index contributed by atoms with van der Waals surface area (Å²) in [7, 11) is 0. The minimum absolute atomic E-state index is 0.189.